The van der Waals surface area contributed by atoms with Crippen molar-refractivity contribution in [2.24, 2.45) is 0 Å². The minimum atomic E-state index is -0.573. The molecule has 1 spiro atoms. The van der Waals surface area contributed by atoms with Gasteiger partial charge in [-0.25, -0.2) is 9.97 Å². The summed E-state index contributed by atoms with van der Waals surface area (Å²) in [5, 5.41) is 9.29. The third kappa shape index (κ3) is 5.44. The fraction of sp³-hybridized carbons (Fsp3) is 0.0185. The van der Waals surface area contributed by atoms with Crippen molar-refractivity contribution in [2.75, 3.05) is 0 Å². The first kappa shape index (κ1) is 34.0. The molecule has 0 unspecified atom stereocenters. The van der Waals surface area contributed by atoms with Crippen molar-refractivity contribution in [3.05, 3.63) is 228 Å². The highest BCUT2D eigenvalue weighted by molar-refractivity contribution is 7.99. The Morgan fingerprint density at radius 1 is 0.379 bits per heavy atom. The minimum absolute atomic E-state index is 0.573. The zero-order valence-corrected chi connectivity index (χ0v) is 32.1. The Balaban J connectivity index is 1.11. The first-order chi connectivity index (χ1) is 28.7. The zero-order chi connectivity index (χ0) is 38.6. The maximum absolute atomic E-state index is 9.29. The van der Waals surface area contributed by atoms with E-state index >= 15 is 0 Å². The first-order valence-corrected chi connectivity index (χ1v) is 20.3. The molecule has 0 bridgehead atoms. The molecule has 11 rings (SSSR count). The van der Waals surface area contributed by atoms with Crippen molar-refractivity contribution >= 4 is 11.8 Å². The molecule has 0 N–H and O–H groups in total. The summed E-state index contributed by atoms with van der Waals surface area (Å²) in [6.07, 6.45) is 0. The molecule has 2 aliphatic rings. The Kier molecular flexibility index (Phi) is 8.03. The molecule has 3 nitrogen and oxygen atoms in total. The summed E-state index contributed by atoms with van der Waals surface area (Å²) in [6, 6.07) is 73.3. The molecule has 0 saturated carbocycles. The van der Waals surface area contributed by atoms with Gasteiger partial charge in [0, 0.05) is 26.5 Å². The van der Waals surface area contributed by atoms with Gasteiger partial charge in [-0.15, -0.1) is 0 Å². The Morgan fingerprint density at radius 3 is 1.34 bits per heavy atom. The second kappa shape index (κ2) is 13.7. The lowest BCUT2D eigenvalue weighted by Gasteiger charge is -2.40. The average molecular weight is 756 g/mol. The van der Waals surface area contributed by atoms with Gasteiger partial charge in [0.15, 0.2) is 5.82 Å². The van der Waals surface area contributed by atoms with Crippen molar-refractivity contribution in [3.63, 3.8) is 0 Å². The second-order valence-electron chi connectivity index (χ2n) is 14.8. The van der Waals surface area contributed by atoms with Crippen LogP contribution in [0.15, 0.2) is 210 Å². The van der Waals surface area contributed by atoms with E-state index in [1.54, 1.807) is 0 Å². The van der Waals surface area contributed by atoms with Crippen LogP contribution in [-0.4, -0.2) is 9.97 Å². The van der Waals surface area contributed by atoms with Crippen molar-refractivity contribution in [2.45, 2.75) is 15.2 Å². The van der Waals surface area contributed by atoms with Crippen LogP contribution in [0.25, 0.3) is 67.3 Å². The van der Waals surface area contributed by atoms with Crippen LogP contribution in [0.3, 0.4) is 0 Å². The Labute approximate surface area is 342 Å². The second-order valence-corrected chi connectivity index (χ2v) is 15.9. The molecule has 0 amide bonds. The lowest BCUT2D eigenvalue weighted by atomic mass is 9.66. The van der Waals surface area contributed by atoms with E-state index in [-0.39, 0.29) is 0 Å². The Bertz CT molecular complexity index is 2970. The highest BCUT2D eigenvalue weighted by Gasteiger charge is 2.50. The van der Waals surface area contributed by atoms with Crippen molar-refractivity contribution in [1.29, 1.82) is 5.26 Å². The van der Waals surface area contributed by atoms with Crippen molar-refractivity contribution in [3.8, 4) is 73.4 Å². The van der Waals surface area contributed by atoms with Gasteiger partial charge in [-0.05, 0) is 98.1 Å². The molecule has 9 aromatic rings. The van der Waals surface area contributed by atoms with Crippen LogP contribution in [0.5, 0.6) is 0 Å². The molecule has 2 heterocycles. The van der Waals surface area contributed by atoms with E-state index in [1.807, 2.05) is 48.2 Å². The minimum Gasteiger partial charge on any atom is -0.228 e. The van der Waals surface area contributed by atoms with Gasteiger partial charge >= 0.3 is 0 Å². The molecule has 0 atom stereocenters. The molecule has 1 aliphatic heterocycles. The van der Waals surface area contributed by atoms with Crippen molar-refractivity contribution < 1.29 is 0 Å². The number of benzene rings is 8. The fourth-order valence-corrected chi connectivity index (χ4v) is 10.1. The van der Waals surface area contributed by atoms with Gasteiger partial charge in [0.25, 0.3) is 0 Å². The normalized spacial score (nSPS) is 12.9. The summed E-state index contributed by atoms with van der Waals surface area (Å²) in [6.45, 7) is 0. The number of nitriles is 1. The van der Waals surface area contributed by atoms with E-state index < -0.39 is 5.41 Å². The molecule has 4 heteroatoms. The lowest BCUT2D eigenvalue weighted by molar-refractivity contribution is 0.723. The third-order valence-corrected chi connectivity index (χ3v) is 12.8. The van der Waals surface area contributed by atoms with Gasteiger partial charge in [0.2, 0.25) is 0 Å². The number of hydrogen-bond acceptors (Lipinski definition) is 4. The zero-order valence-electron chi connectivity index (χ0n) is 31.3. The molecule has 8 aromatic carbocycles. The average Bonchev–Trinajstić information content (AvgIpc) is 3.60. The summed E-state index contributed by atoms with van der Waals surface area (Å²) < 4.78 is 0. The number of rotatable bonds is 5. The fourth-order valence-electron chi connectivity index (χ4n) is 8.90. The standard InChI is InChI=1S/C54H33N3S/c55-34-35-19-21-36(22-20-35)37-23-25-38(26-24-37)41-27-29-51-47(31-41)54(45-17-9-7-15-43(45)44-16-8-10-18-46(44)54)48-32-42(28-30-52(48)58-51)53-56-49(39-11-3-1-4-12-39)33-50(57-53)40-13-5-2-6-14-40/h1-33H. The maximum atomic E-state index is 9.29. The Hall–Kier alpha value is -7.32. The molecule has 0 fully saturated rings. The summed E-state index contributed by atoms with van der Waals surface area (Å²) in [5.74, 6) is 0.699. The smallest absolute Gasteiger partial charge is 0.160 e. The van der Waals surface area contributed by atoms with E-state index in [4.69, 9.17) is 9.97 Å². The maximum Gasteiger partial charge on any atom is 0.160 e. The predicted molar refractivity (Wildman–Crippen MR) is 235 cm³/mol. The summed E-state index contributed by atoms with van der Waals surface area (Å²) in [7, 11) is 0. The van der Waals surface area contributed by atoms with Crippen LogP contribution in [-0.2, 0) is 5.41 Å². The van der Waals surface area contributed by atoms with Gasteiger partial charge < -0.3 is 0 Å². The molecule has 1 aliphatic carbocycles. The molecule has 270 valence electrons. The van der Waals surface area contributed by atoms with Crippen LogP contribution in [0.2, 0.25) is 0 Å². The molecule has 0 radical (unpaired) electrons. The quantitative estimate of drug-likeness (QED) is 0.175. The topological polar surface area (TPSA) is 49.6 Å². The van der Waals surface area contributed by atoms with E-state index in [9.17, 15) is 5.26 Å². The highest BCUT2D eigenvalue weighted by atomic mass is 32.2. The summed E-state index contributed by atoms with van der Waals surface area (Å²) in [4.78, 5) is 13.0. The largest absolute Gasteiger partial charge is 0.228 e. The van der Waals surface area contributed by atoms with Gasteiger partial charge in [-0.1, -0.05) is 169 Å². The van der Waals surface area contributed by atoms with Gasteiger partial charge in [-0.3, -0.25) is 0 Å². The van der Waals surface area contributed by atoms with Crippen LogP contribution >= 0.6 is 11.8 Å². The van der Waals surface area contributed by atoms with E-state index in [1.165, 1.54) is 43.2 Å². The van der Waals surface area contributed by atoms with E-state index in [0.29, 0.717) is 11.4 Å². The number of hydrogen-bond donors (Lipinski definition) is 0. The number of nitrogens with zero attached hydrogens (tertiary/aromatic N) is 3. The molecular formula is C54H33N3S. The molecule has 0 saturated heterocycles. The van der Waals surface area contributed by atoms with E-state index in [0.717, 1.165) is 50.3 Å². The number of fused-ring (bicyclic) bond motifs is 9. The summed E-state index contributed by atoms with van der Waals surface area (Å²) >= 11 is 1.84. The van der Waals surface area contributed by atoms with Gasteiger partial charge in [-0.2, -0.15) is 5.26 Å². The van der Waals surface area contributed by atoms with E-state index in [2.05, 4.69) is 170 Å². The van der Waals surface area contributed by atoms with Gasteiger partial charge in [0.1, 0.15) is 0 Å². The van der Waals surface area contributed by atoms with Crippen molar-refractivity contribution in [1.82, 2.24) is 9.97 Å². The first-order valence-electron chi connectivity index (χ1n) is 19.4. The highest BCUT2D eigenvalue weighted by Crippen LogP contribution is 2.62. The Morgan fingerprint density at radius 2 is 0.810 bits per heavy atom. The van der Waals surface area contributed by atoms with Crippen LogP contribution in [0.4, 0.5) is 0 Å². The van der Waals surface area contributed by atoms with Crippen LogP contribution in [0.1, 0.15) is 27.8 Å². The molecule has 58 heavy (non-hydrogen) atoms. The lowest BCUT2D eigenvalue weighted by Crippen LogP contribution is -2.32. The summed E-state index contributed by atoms with van der Waals surface area (Å²) in [5.41, 5.74) is 17.1. The van der Waals surface area contributed by atoms with Gasteiger partial charge in [0.05, 0.1) is 28.4 Å². The van der Waals surface area contributed by atoms with Crippen LogP contribution < -0.4 is 0 Å². The monoisotopic (exact) mass is 755 g/mol. The van der Waals surface area contributed by atoms with Crippen LogP contribution in [0, 0.1) is 11.3 Å². The predicted octanol–water partition coefficient (Wildman–Crippen LogP) is 13.5. The third-order valence-electron chi connectivity index (χ3n) is 11.6. The SMILES string of the molecule is N#Cc1ccc(-c2ccc(-c3ccc4c(c3)C3(c5cc(-c6nc(-c7ccccc7)cc(-c7ccccc7)n6)ccc5S4)c4ccccc4-c4ccccc43)cc2)cc1. The number of aromatic nitrogens is 2. The molecular weight excluding hydrogens is 723 g/mol. The molecule has 1 aromatic heterocycles.